The number of aliphatic hydroxyl groups excluding tert-OH is 1. The van der Waals surface area contributed by atoms with E-state index in [2.05, 4.69) is 5.32 Å². The molecular formula is C9H15N3O3. The average Bonchev–Trinajstić information content (AvgIpc) is 2.47. The van der Waals surface area contributed by atoms with Gasteiger partial charge in [0.05, 0.1) is 10.8 Å². The molecule has 1 fully saturated rings. The molecule has 0 amide bonds. The molecule has 2 aliphatic rings. The lowest BCUT2D eigenvalue weighted by atomic mass is 9.98. The Morgan fingerprint density at radius 1 is 1.60 bits per heavy atom. The van der Waals surface area contributed by atoms with Crippen LogP contribution in [0, 0.1) is 16.0 Å². The molecule has 3 unspecified atom stereocenters. The number of fused-ring (bicyclic) bond motifs is 1. The Hall–Kier alpha value is -1.30. The van der Waals surface area contributed by atoms with Crippen LogP contribution in [0.4, 0.5) is 0 Å². The number of allylic oxidation sites excluding steroid dienone is 1. The first-order valence-corrected chi connectivity index (χ1v) is 5.11. The van der Waals surface area contributed by atoms with E-state index in [-0.39, 0.29) is 22.6 Å². The second kappa shape index (κ2) is 3.37. The number of hydrogen-bond donors (Lipinski definition) is 2. The lowest BCUT2D eigenvalue weighted by Crippen LogP contribution is -2.43. The Bertz CT molecular complexity index is 329. The summed E-state index contributed by atoms with van der Waals surface area (Å²) in [5.41, 5.74) is 0.199. The molecule has 6 nitrogen and oxygen atoms in total. The Morgan fingerprint density at radius 2 is 2.27 bits per heavy atom. The fourth-order valence-electron chi connectivity index (χ4n) is 2.36. The maximum Gasteiger partial charge on any atom is 0.288 e. The molecule has 3 atom stereocenters. The molecule has 1 saturated heterocycles. The minimum Gasteiger partial charge on any atom is -0.374 e. The molecule has 6 heteroatoms. The lowest BCUT2D eigenvalue weighted by Gasteiger charge is -2.34. The monoisotopic (exact) mass is 213 g/mol. The predicted molar refractivity (Wildman–Crippen MR) is 53.1 cm³/mol. The third-order valence-corrected chi connectivity index (χ3v) is 3.09. The largest absolute Gasteiger partial charge is 0.374 e. The van der Waals surface area contributed by atoms with Crippen LogP contribution in [0.15, 0.2) is 11.5 Å². The van der Waals surface area contributed by atoms with Crippen molar-refractivity contribution in [1.29, 1.82) is 0 Å². The second-order valence-electron chi connectivity index (χ2n) is 4.25. The zero-order chi connectivity index (χ0) is 11.2. The van der Waals surface area contributed by atoms with Crippen molar-refractivity contribution in [2.75, 3.05) is 6.54 Å². The van der Waals surface area contributed by atoms with Gasteiger partial charge in [-0.05, 0) is 6.92 Å². The van der Waals surface area contributed by atoms with Crippen LogP contribution in [0.25, 0.3) is 0 Å². The van der Waals surface area contributed by atoms with Crippen molar-refractivity contribution in [3.05, 3.63) is 21.6 Å². The van der Waals surface area contributed by atoms with Crippen molar-refractivity contribution in [3.8, 4) is 0 Å². The van der Waals surface area contributed by atoms with Crippen molar-refractivity contribution in [2.24, 2.45) is 5.92 Å². The first-order valence-electron chi connectivity index (χ1n) is 5.11. The van der Waals surface area contributed by atoms with Gasteiger partial charge in [0.25, 0.3) is 5.70 Å². The van der Waals surface area contributed by atoms with Crippen molar-refractivity contribution in [3.63, 3.8) is 0 Å². The molecule has 2 rings (SSSR count). The van der Waals surface area contributed by atoms with E-state index in [1.165, 1.54) is 0 Å². The van der Waals surface area contributed by atoms with Gasteiger partial charge in [-0.3, -0.25) is 10.1 Å². The molecule has 0 aromatic rings. The van der Waals surface area contributed by atoms with Crippen molar-refractivity contribution in [1.82, 2.24) is 10.2 Å². The summed E-state index contributed by atoms with van der Waals surface area (Å²) in [7, 11) is 0. The molecule has 0 aromatic carbocycles. The Kier molecular flexibility index (Phi) is 2.30. The first kappa shape index (κ1) is 10.2. The lowest BCUT2D eigenvalue weighted by molar-refractivity contribution is -0.438. The molecule has 0 spiro atoms. The summed E-state index contributed by atoms with van der Waals surface area (Å²) in [5.74, 6) is 0.290. The number of nitro groups is 1. The van der Waals surface area contributed by atoms with Gasteiger partial charge in [-0.25, -0.2) is 0 Å². The summed E-state index contributed by atoms with van der Waals surface area (Å²) >= 11 is 0. The van der Waals surface area contributed by atoms with E-state index in [9.17, 15) is 15.2 Å². The zero-order valence-electron chi connectivity index (χ0n) is 8.80. The highest BCUT2D eigenvalue weighted by Crippen LogP contribution is 2.33. The van der Waals surface area contributed by atoms with E-state index in [0.717, 1.165) is 0 Å². The molecule has 0 radical (unpaired) electrons. The summed E-state index contributed by atoms with van der Waals surface area (Å²) in [6, 6.07) is 0.109. The molecule has 84 valence electrons. The van der Waals surface area contributed by atoms with Gasteiger partial charge in [0.2, 0.25) is 0 Å². The molecule has 2 heterocycles. The fraction of sp³-hybridized carbons (Fsp3) is 0.778. The van der Waals surface area contributed by atoms with Crippen LogP contribution in [-0.2, 0) is 0 Å². The van der Waals surface area contributed by atoms with Gasteiger partial charge in [-0.15, -0.1) is 0 Å². The van der Waals surface area contributed by atoms with Crippen LogP contribution < -0.4 is 5.32 Å². The van der Waals surface area contributed by atoms with Crippen LogP contribution >= 0.6 is 0 Å². The zero-order valence-corrected chi connectivity index (χ0v) is 8.80. The van der Waals surface area contributed by atoms with E-state index < -0.39 is 6.23 Å². The van der Waals surface area contributed by atoms with Crippen LogP contribution in [0.2, 0.25) is 0 Å². The topological polar surface area (TPSA) is 78.6 Å². The summed E-state index contributed by atoms with van der Waals surface area (Å²) in [6.45, 7) is 4.36. The smallest absolute Gasteiger partial charge is 0.288 e. The molecule has 0 bridgehead atoms. The predicted octanol–water partition coefficient (Wildman–Crippen LogP) is 0.0841. The van der Waals surface area contributed by atoms with Crippen LogP contribution in [0.5, 0.6) is 0 Å². The molecular weight excluding hydrogens is 198 g/mol. The average molecular weight is 213 g/mol. The molecule has 2 aliphatic heterocycles. The molecule has 0 aliphatic carbocycles. The highest BCUT2D eigenvalue weighted by molar-refractivity contribution is 5.17. The quantitative estimate of drug-likeness (QED) is 0.476. The van der Waals surface area contributed by atoms with Crippen molar-refractivity contribution in [2.45, 2.75) is 32.5 Å². The van der Waals surface area contributed by atoms with Gasteiger partial charge in [0, 0.05) is 19.0 Å². The van der Waals surface area contributed by atoms with Crippen LogP contribution in [-0.4, -0.2) is 33.7 Å². The van der Waals surface area contributed by atoms with Crippen molar-refractivity contribution >= 4 is 0 Å². The van der Waals surface area contributed by atoms with Gasteiger partial charge >= 0.3 is 0 Å². The normalized spacial score (nSPS) is 35.1. The van der Waals surface area contributed by atoms with E-state index in [1.54, 1.807) is 11.8 Å². The van der Waals surface area contributed by atoms with Gasteiger partial charge in [0.15, 0.2) is 5.82 Å². The van der Waals surface area contributed by atoms with Crippen LogP contribution in [0.3, 0.4) is 0 Å². The number of aliphatic hydroxyl groups is 1. The molecule has 0 aromatic heterocycles. The number of nitrogens with zero attached hydrogens (tertiary/aromatic N) is 2. The highest BCUT2D eigenvalue weighted by Gasteiger charge is 2.43. The van der Waals surface area contributed by atoms with Gasteiger partial charge in [0.1, 0.15) is 6.23 Å². The fourth-order valence-corrected chi connectivity index (χ4v) is 2.36. The molecule has 0 saturated carbocycles. The standard InChI is InChI=1S/C9H15N3O3/c1-5-3-7(13)11-6(2)4-10-9(11)8(5)12(14)15/h5-7,10,13H,3-4H2,1-2H3. The van der Waals surface area contributed by atoms with E-state index in [1.807, 2.05) is 6.92 Å². The Labute approximate surface area is 87.7 Å². The third-order valence-electron chi connectivity index (χ3n) is 3.09. The van der Waals surface area contributed by atoms with Crippen molar-refractivity contribution < 1.29 is 10.0 Å². The van der Waals surface area contributed by atoms with Gasteiger partial charge in [-0.1, -0.05) is 6.92 Å². The maximum atomic E-state index is 10.9. The van der Waals surface area contributed by atoms with E-state index in [4.69, 9.17) is 0 Å². The molecule has 15 heavy (non-hydrogen) atoms. The van der Waals surface area contributed by atoms with E-state index >= 15 is 0 Å². The maximum absolute atomic E-state index is 10.9. The van der Waals surface area contributed by atoms with Crippen LogP contribution in [0.1, 0.15) is 20.3 Å². The number of nitrogens with one attached hydrogen (secondary N) is 1. The number of hydrogen-bond acceptors (Lipinski definition) is 5. The molecule has 2 N–H and O–H groups in total. The minimum atomic E-state index is -0.608. The van der Waals surface area contributed by atoms with E-state index in [0.29, 0.717) is 18.8 Å². The second-order valence-corrected chi connectivity index (χ2v) is 4.25. The SMILES string of the molecule is CC1CC(O)N2C(=C1[N+](=O)[O-])NCC2C. The highest BCUT2D eigenvalue weighted by atomic mass is 16.6. The third kappa shape index (κ3) is 1.45. The Balaban J connectivity index is 2.44. The first-order chi connectivity index (χ1) is 7.02. The van der Waals surface area contributed by atoms with Gasteiger partial charge < -0.3 is 15.3 Å². The van der Waals surface area contributed by atoms with Gasteiger partial charge in [-0.2, -0.15) is 0 Å². The summed E-state index contributed by atoms with van der Waals surface area (Å²) in [5, 5.41) is 23.8. The summed E-state index contributed by atoms with van der Waals surface area (Å²) in [6.07, 6.45) is -0.185. The Morgan fingerprint density at radius 3 is 2.87 bits per heavy atom. The minimum absolute atomic E-state index is 0.109. The summed E-state index contributed by atoms with van der Waals surface area (Å²) in [4.78, 5) is 12.3. The number of rotatable bonds is 1. The summed E-state index contributed by atoms with van der Waals surface area (Å²) < 4.78 is 0.